The molecule has 3 rings (SSSR count). The number of carbonyl (C=O) groups is 3. The summed E-state index contributed by atoms with van der Waals surface area (Å²) < 4.78 is 6.28. The lowest BCUT2D eigenvalue weighted by molar-refractivity contribution is -0.127. The van der Waals surface area contributed by atoms with Gasteiger partial charge in [0.1, 0.15) is 0 Å². The summed E-state index contributed by atoms with van der Waals surface area (Å²) >= 11 is 0. The van der Waals surface area contributed by atoms with E-state index >= 15 is 0 Å². The molecule has 0 aliphatic heterocycles. The maximum absolute atomic E-state index is 13.4. The zero-order valence-corrected chi connectivity index (χ0v) is 21.9. The van der Waals surface area contributed by atoms with Gasteiger partial charge in [-0.05, 0) is 50.2 Å². The number of ketones is 1. The molecule has 0 spiro atoms. The van der Waals surface area contributed by atoms with Crippen LogP contribution in [0.1, 0.15) is 86.4 Å². The summed E-state index contributed by atoms with van der Waals surface area (Å²) in [5, 5.41) is 10.00. The Kier molecular flexibility index (Phi) is 9.23. The first-order chi connectivity index (χ1) is 17.0. The monoisotopic (exact) mass is 498 g/mol. The molecule has 9 nitrogen and oxygen atoms in total. The molecule has 2 amide bonds. The van der Waals surface area contributed by atoms with Crippen molar-refractivity contribution >= 4 is 17.6 Å². The third-order valence-electron chi connectivity index (χ3n) is 6.39. The van der Waals surface area contributed by atoms with Crippen LogP contribution in [0.25, 0.3) is 0 Å². The van der Waals surface area contributed by atoms with Gasteiger partial charge in [-0.1, -0.05) is 58.2 Å². The van der Waals surface area contributed by atoms with Gasteiger partial charge in [-0.3, -0.25) is 14.4 Å². The molecule has 9 heteroatoms. The van der Waals surface area contributed by atoms with E-state index in [0.29, 0.717) is 31.4 Å². The number of rotatable bonds is 10. The Labute approximate surface area is 212 Å². The third-order valence-corrected chi connectivity index (χ3v) is 6.39. The number of aromatic nitrogens is 2. The molecule has 0 saturated heterocycles. The van der Waals surface area contributed by atoms with Gasteiger partial charge in [-0.15, -0.1) is 5.10 Å². The van der Waals surface area contributed by atoms with Crippen molar-refractivity contribution < 1.29 is 18.8 Å². The van der Waals surface area contributed by atoms with Crippen LogP contribution in [0.5, 0.6) is 0 Å². The molecule has 1 aliphatic rings. The van der Waals surface area contributed by atoms with Gasteiger partial charge in [0.25, 0.3) is 11.8 Å². The molecule has 2 N–H and O–H groups in total. The average Bonchev–Trinajstić information content (AvgIpc) is 3.17. The number of nitrogens with one attached hydrogen (secondary N) is 2. The van der Waals surface area contributed by atoms with Gasteiger partial charge in [-0.25, -0.2) is 4.79 Å². The van der Waals surface area contributed by atoms with Gasteiger partial charge in [0.15, 0.2) is 0 Å². The molecule has 0 radical (unpaired) electrons. The van der Waals surface area contributed by atoms with Crippen molar-refractivity contribution in [3.05, 3.63) is 51.8 Å². The van der Waals surface area contributed by atoms with Crippen LogP contribution in [0, 0.1) is 24.7 Å². The first-order valence-corrected chi connectivity index (χ1v) is 12.8. The molecule has 1 aliphatic carbocycles. The molecule has 1 aromatic heterocycles. The minimum atomic E-state index is -0.877. The summed E-state index contributed by atoms with van der Waals surface area (Å²) in [6, 6.07) is 6.12. The fourth-order valence-electron chi connectivity index (χ4n) is 4.65. The van der Waals surface area contributed by atoms with Crippen LogP contribution in [0.4, 0.5) is 0 Å². The molecule has 36 heavy (non-hydrogen) atoms. The van der Waals surface area contributed by atoms with Gasteiger partial charge in [0, 0.05) is 11.6 Å². The smallest absolute Gasteiger partial charge is 0.384 e. The zero-order chi connectivity index (χ0) is 26.4. The van der Waals surface area contributed by atoms with Gasteiger partial charge in [-0.2, -0.15) is 4.68 Å². The van der Waals surface area contributed by atoms with Crippen LogP contribution in [-0.4, -0.2) is 39.5 Å². The second-order valence-corrected chi connectivity index (χ2v) is 10.6. The van der Waals surface area contributed by atoms with Gasteiger partial charge in [0.05, 0.1) is 18.5 Å². The molecular formula is C27H38N4O5. The highest BCUT2D eigenvalue weighted by atomic mass is 16.4. The van der Waals surface area contributed by atoms with Crippen molar-refractivity contribution in [3.8, 4) is 0 Å². The van der Waals surface area contributed by atoms with E-state index in [4.69, 9.17) is 4.42 Å². The lowest BCUT2D eigenvalue weighted by Crippen LogP contribution is -2.52. The first kappa shape index (κ1) is 27.4. The molecule has 3 atom stereocenters. The molecule has 0 unspecified atom stereocenters. The van der Waals surface area contributed by atoms with Crippen LogP contribution < -0.4 is 16.4 Å². The van der Waals surface area contributed by atoms with Crippen LogP contribution in [0.2, 0.25) is 0 Å². The predicted octanol–water partition coefficient (Wildman–Crippen LogP) is 3.50. The summed E-state index contributed by atoms with van der Waals surface area (Å²) in [5.41, 5.74) is 1.54. The van der Waals surface area contributed by atoms with E-state index in [1.54, 1.807) is 6.07 Å². The molecule has 1 aromatic carbocycles. The predicted molar refractivity (Wildman–Crippen MR) is 136 cm³/mol. The fraction of sp³-hybridized carbons (Fsp3) is 0.593. The van der Waals surface area contributed by atoms with E-state index in [0.717, 1.165) is 23.1 Å². The number of Topliss-reactive ketones (excluding diaryl/α,β-unsaturated/α-hetero) is 1. The largest absolute Gasteiger partial charge is 0.437 e. The molecule has 196 valence electrons. The van der Waals surface area contributed by atoms with Crippen molar-refractivity contribution in [2.24, 2.45) is 17.8 Å². The molecule has 1 heterocycles. The first-order valence-electron chi connectivity index (χ1n) is 12.8. The SMILES string of the molecule is Cc1cccc(C(=O)N[C@H]2CCCC[C@H]2C(=O)N[C@@H](CC(C)C)C(=O)c2nn(CC(C)C)c(=O)o2)c1. The van der Waals surface area contributed by atoms with E-state index in [2.05, 4.69) is 15.7 Å². The number of carbonyl (C=O) groups excluding carboxylic acids is 3. The average molecular weight is 499 g/mol. The molecule has 0 bridgehead atoms. The number of hydrogen-bond acceptors (Lipinski definition) is 6. The van der Waals surface area contributed by atoms with E-state index in [1.165, 1.54) is 0 Å². The highest BCUT2D eigenvalue weighted by Gasteiger charge is 2.35. The second-order valence-electron chi connectivity index (χ2n) is 10.6. The van der Waals surface area contributed by atoms with E-state index in [9.17, 15) is 19.2 Å². The summed E-state index contributed by atoms with van der Waals surface area (Å²) in [6.07, 6.45) is 3.46. The van der Waals surface area contributed by atoms with Crippen molar-refractivity contribution in [2.75, 3.05) is 0 Å². The second kappa shape index (κ2) is 12.1. The van der Waals surface area contributed by atoms with E-state index in [-0.39, 0.29) is 35.6 Å². The van der Waals surface area contributed by atoms with E-state index in [1.807, 2.05) is 52.8 Å². The van der Waals surface area contributed by atoms with Gasteiger partial charge < -0.3 is 15.1 Å². The maximum Gasteiger partial charge on any atom is 0.437 e. The zero-order valence-electron chi connectivity index (χ0n) is 21.9. The Balaban J connectivity index is 1.75. The number of hydrogen-bond donors (Lipinski definition) is 2. The highest BCUT2D eigenvalue weighted by Crippen LogP contribution is 2.26. The molecule has 1 saturated carbocycles. The minimum absolute atomic E-state index is 0.104. The van der Waals surface area contributed by atoms with Crippen LogP contribution in [0.15, 0.2) is 33.5 Å². The summed E-state index contributed by atoms with van der Waals surface area (Å²) in [7, 11) is 0. The molecule has 2 aromatic rings. The number of nitrogens with zero attached hydrogens (tertiary/aromatic N) is 2. The van der Waals surface area contributed by atoms with Crippen molar-refractivity contribution in [3.63, 3.8) is 0 Å². The summed E-state index contributed by atoms with van der Waals surface area (Å²) in [4.78, 5) is 51.6. The third kappa shape index (κ3) is 7.15. The quantitative estimate of drug-likeness (QED) is 0.483. The lowest BCUT2D eigenvalue weighted by Gasteiger charge is -2.32. The standard InChI is InChI=1S/C27H38N4O5/c1-16(2)13-22(23(32)26-30-31(15-17(3)4)27(35)36-26)29-25(34)20-11-6-7-12-21(20)28-24(33)19-10-8-9-18(5)14-19/h8-10,14,16-17,20-22H,6-7,11-13,15H2,1-5H3,(H,28,33)(H,29,34)/t20-,21+,22+/m1/s1. The lowest BCUT2D eigenvalue weighted by atomic mass is 9.83. The Hall–Kier alpha value is -3.23. The Morgan fingerprint density at radius 3 is 2.50 bits per heavy atom. The van der Waals surface area contributed by atoms with E-state index < -0.39 is 23.5 Å². The Morgan fingerprint density at radius 2 is 1.83 bits per heavy atom. The normalized spacial score (nSPS) is 18.8. The topological polar surface area (TPSA) is 123 Å². The Morgan fingerprint density at radius 1 is 1.11 bits per heavy atom. The van der Waals surface area contributed by atoms with Gasteiger partial charge >= 0.3 is 5.76 Å². The molecular weight excluding hydrogens is 460 g/mol. The van der Waals surface area contributed by atoms with Crippen LogP contribution >= 0.6 is 0 Å². The fourth-order valence-corrected chi connectivity index (χ4v) is 4.65. The maximum atomic E-state index is 13.4. The minimum Gasteiger partial charge on any atom is -0.384 e. The van der Waals surface area contributed by atoms with Crippen molar-refractivity contribution in [1.82, 2.24) is 20.4 Å². The summed E-state index contributed by atoms with van der Waals surface area (Å²) in [5.74, 6) is -2.20. The van der Waals surface area contributed by atoms with Crippen LogP contribution in [0.3, 0.4) is 0 Å². The van der Waals surface area contributed by atoms with Crippen molar-refractivity contribution in [2.45, 2.75) is 85.4 Å². The number of amides is 2. The molecule has 1 fully saturated rings. The summed E-state index contributed by atoms with van der Waals surface area (Å²) in [6.45, 7) is 10.0. The van der Waals surface area contributed by atoms with Gasteiger partial charge in [0.2, 0.25) is 11.7 Å². The highest BCUT2D eigenvalue weighted by molar-refractivity contribution is 5.99. The number of aryl methyl sites for hydroxylation is 1. The van der Waals surface area contributed by atoms with Crippen molar-refractivity contribution in [1.29, 1.82) is 0 Å². The van der Waals surface area contributed by atoms with Crippen LogP contribution in [-0.2, 0) is 11.3 Å². The Bertz CT molecular complexity index is 1130. The number of benzene rings is 1.